The quantitative estimate of drug-likeness (QED) is 0.439. The number of hydrogen-bond donors (Lipinski definition) is 2. The van der Waals surface area contributed by atoms with Crippen LogP contribution in [-0.2, 0) is 11.2 Å². The average Bonchev–Trinajstić information content (AvgIpc) is 3.32. The number of nitrogens with zero attached hydrogens (tertiary/aromatic N) is 3. The summed E-state index contributed by atoms with van der Waals surface area (Å²) in [5, 5.41) is 13.3. The lowest BCUT2D eigenvalue weighted by Gasteiger charge is -2.03. The van der Waals surface area contributed by atoms with Crippen molar-refractivity contribution in [1.82, 2.24) is 15.2 Å². The van der Waals surface area contributed by atoms with Gasteiger partial charge in [-0.15, -0.1) is 10.2 Å². The third-order valence-corrected chi connectivity index (χ3v) is 5.90. The van der Waals surface area contributed by atoms with Gasteiger partial charge in [-0.25, -0.2) is 4.98 Å². The number of benzene rings is 2. The number of rotatable bonds is 8. The van der Waals surface area contributed by atoms with E-state index in [0.29, 0.717) is 23.3 Å². The van der Waals surface area contributed by atoms with Gasteiger partial charge in [0.05, 0.1) is 23.4 Å². The second-order valence-corrected chi connectivity index (χ2v) is 8.34. The second kappa shape index (κ2) is 8.54. The molecule has 0 amide bonds. The fourth-order valence-electron chi connectivity index (χ4n) is 2.86. The van der Waals surface area contributed by atoms with Gasteiger partial charge in [0, 0.05) is 12.0 Å². The molecule has 0 aliphatic rings. The molecule has 4 aromatic rings. The molecule has 0 atom stereocenters. The zero-order valence-corrected chi connectivity index (χ0v) is 17.3. The van der Waals surface area contributed by atoms with Gasteiger partial charge >= 0.3 is 0 Å². The molecule has 0 aliphatic heterocycles. The number of anilines is 2. The largest absolute Gasteiger partial charge is 0.494 e. The molecule has 0 fully saturated rings. The van der Waals surface area contributed by atoms with Crippen molar-refractivity contribution in [1.29, 1.82) is 0 Å². The Hall–Kier alpha value is -3.04. The number of nitrogens with one attached hydrogen (secondary N) is 1. The van der Waals surface area contributed by atoms with Gasteiger partial charge in [-0.2, -0.15) is 0 Å². The number of ether oxygens (including phenoxy) is 1. The van der Waals surface area contributed by atoms with Crippen LogP contribution in [0.3, 0.4) is 0 Å². The molecule has 7 nitrogen and oxygen atoms in total. The van der Waals surface area contributed by atoms with E-state index in [4.69, 9.17) is 10.5 Å². The number of thiazole rings is 1. The van der Waals surface area contributed by atoms with Crippen LogP contribution in [0, 0.1) is 0 Å². The van der Waals surface area contributed by atoms with Crippen molar-refractivity contribution in [2.75, 3.05) is 24.2 Å². The zero-order chi connectivity index (χ0) is 20.2. The normalized spacial score (nSPS) is 10.9. The minimum absolute atomic E-state index is 0.0666. The zero-order valence-electron chi connectivity index (χ0n) is 15.7. The van der Waals surface area contributed by atoms with E-state index in [1.165, 1.54) is 22.7 Å². The van der Waals surface area contributed by atoms with Crippen molar-refractivity contribution >= 4 is 48.9 Å². The highest BCUT2D eigenvalue weighted by atomic mass is 32.1. The third kappa shape index (κ3) is 4.69. The Bertz CT molecular complexity index is 1150. The maximum atomic E-state index is 12.4. The minimum Gasteiger partial charge on any atom is -0.494 e. The average molecular weight is 426 g/mol. The topological polar surface area (TPSA) is 103 Å². The molecule has 0 bridgehead atoms. The minimum atomic E-state index is 0.0666. The fraction of sp³-hybridized carbons (Fsp3) is 0.200. The lowest BCUT2D eigenvalue weighted by Crippen LogP contribution is -2.15. The van der Waals surface area contributed by atoms with E-state index in [2.05, 4.69) is 20.5 Å². The molecule has 9 heteroatoms. The van der Waals surface area contributed by atoms with Gasteiger partial charge in [-0.1, -0.05) is 40.9 Å². The highest BCUT2D eigenvalue weighted by Gasteiger charge is 2.10. The van der Waals surface area contributed by atoms with Gasteiger partial charge in [0.2, 0.25) is 5.13 Å². The van der Waals surface area contributed by atoms with Crippen LogP contribution in [0.4, 0.5) is 10.3 Å². The van der Waals surface area contributed by atoms with Crippen molar-refractivity contribution in [3.05, 3.63) is 48.0 Å². The lowest BCUT2D eigenvalue weighted by atomic mass is 10.1. The molecule has 29 heavy (non-hydrogen) atoms. The van der Waals surface area contributed by atoms with Crippen LogP contribution < -0.4 is 15.8 Å². The van der Waals surface area contributed by atoms with Crippen LogP contribution in [0.5, 0.6) is 5.75 Å². The molecule has 0 spiro atoms. The first-order valence-electron chi connectivity index (χ1n) is 9.08. The van der Waals surface area contributed by atoms with E-state index in [1.807, 2.05) is 49.4 Å². The summed E-state index contributed by atoms with van der Waals surface area (Å²) in [6.45, 7) is 2.75. The first-order valence-corrected chi connectivity index (χ1v) is 10.7. The van der Waals surface area contributed by atoms with E-state index in [0.717, 1.165) is 32.1 Å². The van der Waals surface area contributed by atoms with Crippen LogP contribution in [-0.4, -0.2) is 34.1 Å². The van der Waals surface area contributed by atoms with Crippen molar-refractivity contribution in [3.63, 3.8) is 0 Å². The second-order valence-electron chi connectivity index (χ2n) is 6.30. The Morgan fingerprint density at radius 2 is 2.07 bits per heavy atom. The number of nitrogen functional groups attached to an aromatic ring is 1. The van der Waals surface area contributed by atoms with Gasteiger partial charge in [0.25, 0.3) is 0 Å². The number of carbonyl (C=O) groups excluding carboxylic acids is 1. The van der Waals surface area contributed by atoms with E-state index in [-0.39, 0.29) is 12.3 Å². The molecule has 2 aromatic heterocycles. The molecule has 4 rings (SSSR count). The summed E-state index contributed by atoms with van der Waals surface area (Å²) in [4.78, 5) is 16.6. The molecule has 0 saturated heterocycles. The van der Waals surface area contributed by atoms with Crippen LogP contribution >= 0.6 is 22.7 Å². The van der Waals surface area contributed by atoms with E-state index < -0.39 is 0 Å². The van der Waals surface area contributed by atoms with E-state index >= 15 is 0 Å². The number of aromatic nitrogens is 3. The number of ketones is 1. The smallest absolute Gasteiger partial charge is 0.206 e. The van der Waals surface area contributed by atoms with Gasteiger partial charge in [0.1, 0.15) is 10.8 Å². The monoisotopic (exact) mass is 425 g/mol. The SMILES string of the molecule is CCOc1cccc(-c2nnc(NCC(=O)Cc3ccc4nc(N)sc4c3)s2)c1. The van der Waals surface area contributed by atoms with Gasteiger partial charge in [-0.05, 0) is 36.8 Å². The predicted molar refractivity (Wildman–Crippen MR) is 118 cm³/mol. The maximum absolute atomic E-state index is 12.4. The van der Waals surface area contributed by atoms with Gasteiger partial charge in [-0.3, -0.25) is 4.79 Å². The summed E-state index contributed by atoms with van der Waals surface area (Å²) in [5.74, 6) is 0.862. The van der Waals surface area contributed by atoms with Crippen LogP contribution in [0.25, 0.3) is 20.8 Å². The Labute approximate surface area is 175 Å². The summed E-state index contributed by atoms with van der Waals surface area (Å²) in [5.41, 5.74) is 8.47. The summed E-state index contributed by atoms with van der Waals surface area (Å²) in [6, 6.07) is 13.5. The predicted octanol–water partition coefficient (Wildman–Crippen LogP) is 4.02. The first kappa shape index (κ1) is 19.3. The summed E-state index contributed by atoms with van der Waals surface area (Å²) < 4.78 is 6.51. The summed E-state index contributed by atoms with van der Waals surface area (Å²) >= 11 is 2.83. The molecule has 0 radical (unpaired) electrons. The number of hydrogen-bond acceptors (Lipinski definition) is 9. The molecule has 0 aliphatic carbocycles. The molecule has 148 valence electrons. The van der Waals surface area contributed by atoms with Crippen LogP contribution in [0.2, 0.25) is 0 Å². The van der Waals surface area contributed by atoms with Crippen LogP contribution in [0.1, 0.15) is 12.5 Å². The standard InChI is InChI=1S/C20H19N5O2S2/c1-2-27-15-5-3-4-13(10-15)18-24-25-20(29-18)22-11-14(26)8-12-6-7-16-17(9-12)28-19(21)23-16/h3-7,9-10H,2,8,11H2,1H3,(H2,21,23)(H,22,25). The molecule has 2 aromatic carbocycles. The molecule has 0 saturated carbocycles. The Balaban J connectivity index is 1.36. The van der Waals surface area contributed by atoms with Crippen molar-refractivity contribution < 1.29 is 9.53 Å². The number of Topliss-reactive ketones (excluding diaryl/α,β-unsaturated/α-hetero) is 1. The molecule has 3 N–H and O–H groups in total. The van der Waals surface area contributed by atoms with Crippen molar-refractivity contribution in [3.8, 4) is 16.3 Å². The Kier molecular flexibility index (Phi) is 5.68. The highest BCUT2D eigenvalue weighted by molar-refractivity contribution is 7.22. The Morgan fingerprint density at radius 1 is 1.17 bits per heavy atom. The number of nitrogens with two attached hydrogens (primary N) is 1. The highest BCUT2D eigenvalue weighted by Crippen LogP contribution is 2.29. The van der Waals surface area contributed by atoms with Crippen LogP contribution in [0.15, 0.2) is 42.5 Å². The van der Waals surface area contributed by atoms with E-state index in [9.17, 15) is 4.79 Å². The molecular weight excluding hydrogens is 406 g/mol. The maximum Gasteiger partial charge on any atom is 0.206 e. The fourth-order valence-corrected chi connectivity index (χ4v) is 4.39. The molecule has 0 unspecified atom stereocenters. The van der Waals surface area contributed by atoms with Crippen molar-refractivity contribution in [2.45, 2.75) is 13.3 Å². The van der Waals surface area contributed by atoms with Gasteiger partial charge in [0.15, 0.2) is 10.9 Å². The molecule has 2 heterocycles. The number of fused-ring (bicyclic) bond motifs is 1. The third-order valence-electron chi connectivity index (χ3n) is 4.12. The lowest BCUT2D eigenvalue weighted by molar-refractivity contribution is -0.116. The Morgan fingerprint density at radius 3 is 2.93 bits per heavy atom. The summed E-state index contributed by atoms with van der Waals surface area (Å²) in [7, 11) is 0. The van der Waals surface area contributed by atoms with Crippen molar-refractivity contribution in [2.24, 2.45) is 0 Å². The first-order chi connectivity index (χ1) is 14.1. The molecular formula is C20H19N5O2S2. The van der Waals surface area contributed by atoms with Gasteiger partial charge < -0.3 is 15.8 Å². The summed E-state index contributed by atoms with van der Waals surface area (Å²) in [6.07, 6.45) is 0.336. The van der Waals surface area contributed by atoms with E-state index in [1.54, 1.807) is 0 Å². The number of carbonyl (C=O) groups is 1.